The summed E-state index contributed by atoms with van der Waals surface area (Å²) in [6.45, 7) is 6.21. The first kappa shape index (κ1) is 14.8. The van der Waals surface area contributed by atoms with Gasteiger partial charge in [0.05, 0.1) is 22.6 Å². The number of aryl methyl sites for hydroxylation is 1. The number of amides is 1. The zero-order valence-electron chi connectivity index (χ0n) is 12.0. The third kappa shape index (κ3) is 2.77. The number of halogens is 1. The predicted molar refractivity (Wildman–Crippen MR) is 79.2 cm³/mol. The van der Waals surface area contributed by atoms with Crippen molar-refractivity contribution >= 4 is 21.8 Å². The van der Waals surface area contributed by atoms with Gasteiger partial charge in [0.1, 0.15) is 6.04 Å². The molecule has 2 aromatic heterocycles. The summed E-state index contributed by atoms with van der Waals surface area (Å²) in [6.07, 6.45) is 3.47. The van der Waals surface area contributed by atoms with Crippen molar-refractivity contribution in [2.75, 3.05) is 0 Å². The van der Waals surface area contributed by atoms with E-state index in [2.05, 4.69) is 31.4 Å². The van der Waals surface area contributed by atoms with Crippen LogP contribution in [0.2, 0.25) is 0 Å². The van der Waals surface area contributed by atoms with Crippen LogP contribution >= 0.6 is 15.9 Å². The molecular weight excluding hydrogens is 322 g/mol. The van der Waals surface area contributed by atoms with Crippen LogP contribution in [-0.2, 0) is 18.4 Å². The Kier molecular flexibility index (Phi) is 4.27. The lowest BCUT2D eigenvalue weighted by molar-refractivity contribution is -0.124. The normalized spacial score (nSPS) is 12.4. The molecule has 7 heteroatoms. The van der Waals surface area contributed by atoms with Crippen molar-refractivity contribution < 1.29 is 4.79 Å². The van der Waals surface area contributed by atoms with Crippen molar-refractivity contribution in [2.24, 2.45) is 7.05 Å². The minimum atomic E-state index is -0.349. The SMILES string of the molecule is Cc1c(CNC(=O)C(C)n2ncc(Br)c2C)cnn1C. The third-order valence-electron chi connectivity index (χ3n) is 3.52. The van der Waals surface area contributed by atoms with Gasteiger partial charge in [-0.15, -0.1) is 0 Å². The maximum Gasteiger partial charge on any atom is 0.244 e. The molecule has 0 saturated heterocycles. The summed E-state index contributed by atoms with van der Waals surface area (Å²) < 4.78 is 4.40. The fourth-order valence-corrected chi connectivity index (χ4v) is 2.22. The van der Waals surface area contributed by atoms with Gasteiger partial charge in [-0.3, -0.25) is 14.2 Å². The van der Waals surface area contributed by atoms with Crippen LogP contribution in [0.15, 0.2) is 16.9 Å². The molecule has 1 unspecified atom stereocenters. The van der Waals surface area contributed by atoms with Crippen molar-refractivity contribution in [2.45, 2.75) is 33.4 Å². The molecule has 0 spiro atoms. The van der Waals surface area contributed by atoms with Gasteiger partial charge in [0.25, 0.3) is 0 Å². The number of hydrogen-bond acceptors (Lipinski definition) is 3. The summed E-state index contributed by atoms with van der Waals surface area (Å²) >= 11 is 3.40. The summed E-state index contributed by atoms with van der Waals surface area (Å²) in [4.78, 5) is 12.2. The molecule has 6 nitrogen and oxygen atoms in total. The van der Waals surface area contributed by atoms with Crippen molar-refractivity contribution in [1.82, 2.24) is 24.9 Å². The van der Waals surface area contributed by atoms with E-state index < -0.39 is 0 Å². The van der Waals surface area contributed by atoms with E-state index in [4.69, 9.17) is 0 Å². The molecule has 0 aliphatic heterocycles. The van der Waals surface area contributed by atoms with Crippen molar-refractivity contribution in [3.8, 4) is 0 Å². The molecule has 1 N–H and O–H groups in total. The van der Waals surface area contributed by atoms with Crippen LogP contribution in [0.3, 0.4) is 0 Å². The lowest BCUT2D eigenvalue weighted by atomic mass is 10.2. The molecule has 1 amide bonds. The topological polar surface area (TPSA) is 64.7 Å². The van der Waals surface area contributed by atoms with Crippen LogP contribution in [0.5, 0.6) is 0 Å². The molecule has 2 aromatic rings. The molecule has 20 heavy (non-hydrogen) atoms. The third-order valence-corrected chi connectivity index (χ3v) is 4.30. The molecule has 0 aliphatic carbocycles. The van der Waals surface area contributed by atoms with E-state index >= 15 is 0 Å². The lowest BCUT2D eigenvalue weighted by Crippen LogP contribution is -2.31. The molecule has 0 aliphatic rings. The minimum absolute atomic E-state index is 0.0630. The Morgan fingerprint density at radius 3 is 2.55 bits per heavy atom. The number of carbonyl (C=O) groups is 1. The zero-order chi connectivity index (χ0) is 14.9. The summed E-state index contributed by atoms with van der Waals surface area (Å²) in [7, 11) is 1.88. The summed E-state index contributed by atoms with van der Waals surface area (Å²) in [5, 5.41) is 11.3. The average molecular weight is 340 g/mol. The monoisotopic (exact) mass is 339 g/mol. The van der Waals surface area contributed by atoms with Gasteiger partial charge < -0.3 is 5.32 Å². The maximum atomic E-state index is 12.2. The number of carbonyl (C=O) groups excluding carboxylic acids is 1. The van der Waals surface area contributed by atoms with Crippen LogP contribution in [0.1, 0.15) is 29.9 Å². The van der Waals surface area contributed by atoms with E-state index in [1.165, 1.54) is 0 Å². The standard InChI is InChI=1S/C13H18BrN5O/c1-8-11(6-16-18(8)4)5-15-13(20)10(3)19-9(2)12(14)7-17-19/h6-7,10H,5H2,1-4H3,(H,15,20). The van der Waals surface area contributed by atoms with Crippen molar-refractivity contribution in [1.29, 1.82) is 0 Å². The molecule has 2 heterocycles. The molecule has 0 radical (unpaired) electrons. The Balaban J connectivity index is 2.02. The number of hydrogen-bond donors (Lipinski definition) is 1. The second kappa shape index (κ2) is 5.78. The molecule has 2 rings (SSSR count). The largest absolute Gasteiger partial charge is 0.350 e. The first-order valence-electron chi connectivity index (χ1n) is 6.36. The van der Waals surface area contributed by atoms with Gasteiger partial charge >= 0.3 is 0 Å². The minimum Gasteiger partial charge on any atom is -0.350 e. The number of rotatable bonds is 4. The van der Waals surface area contributed by atoms with E-state index in [0.29, 0.717) is 6.54 Å². The highest BCUT2D eigenvalue weighted by molar-refractivity contribution is 9.10. The molecule has 108 valence electrons. The summed E-state index contributed by atoms with van der Waals surface area (Å²) in [6, 6.07) is -0.349. The van der Waals surface area contributed by atoms with Gasteiger partial charge in [-0.25, -0.2) is 0 Å². The van der Waals surface area contributed by atoms with E-state index in [1.54, 1.807) is 21.8 Å². The molecular formula is C13H18BrN5O. The van der Waals surface area contributed by atoms with Crippen molar-refractivity contribution in [3.05, 3.63) is 33.8 Å². The Hall–Kier alpha value is -1.63. The van der Waals surface area contributed by atoms with Crippen LogP contribution in [0.4, 0.5) is 0 Å². The van der Waals surface area contributed by atoms with Gasteiger partial charge in [0.2, 0.25) is 5.91 Å². The average Bonchev–Trinajstić information content (AvgIpc) is 2.92. The summed E-state index contributed by atoms with van der Waals surface area (Å²) in [5.74, 6) is -0.0630. The van der Waals surface area contributed by atoms with Gasteiger partial charge in [-0.2, -0.15) is 10.2 Å². The van der Waals surface area contributed by atoms with E-state index in [1.807, 2.05) is 27.8 Å². The number of nitrogens with one attached hydrogen (secondary N) is 1. The molecule has 0 aromatic carbocycles. The van der Waals surface area contributed by atoms with Gasteiger partial charge in [0.15, 0.2) is 0 Å². The van der Waals surface area contributed by atoms with Crippen molar-refractivity contribution in [3.63, 3.8) is 0 Å². The van der Waals surface area contributed by atoms with Gasteiger partial charge in [-0.05, 0) is 36.7 Å². The number of nitrogens with zero attached hydrogens (tertiary/aromatic N) is 4. The van der Waals surface area contributed by atoms with Crippen LogP contribution in [0, 0.1) is 13.8 Å². The molecule has 0 bridgehead atoms. The molecule has 0 saturated carbocycles. The Bertz CT molecular complexity index is 631. The second-order valence-corrected chi connectivity index (χ2v) is 5.65. The highest BCUT2D eigenvalue weighted by Crippen LogP contribution is 2.18. The quantitative estimate of drug-likeness (QED) is 0.924. The fourth-order valence-electron chi connectivity index (χ4n) is 1.95. The number of aromatic nitrogens is 4. The zero-order valence-corrected chi connectivity index (χ0v) is 13.6. The van der Waals surface area contributed by atoms with Crippen LogP contribution in [-0.4, -0.2) is 25.5 Å². The first-order valence-corrected chi connectivity index (χ1v) is 7.16. The Morgan fingerprint density at radius 1 is 1.35 bits per heavy atom. The Morgan fingerprint density at radius 2 is 2.05 bits per heavy atom. The molecule has 1 atom stereocenters. The van der Waals surface area contributed by atoms with Crippen LogP contribution < -0.4 is 5.32 Å². The maximum absolute atomic E-state index is 12.2. The first-order chi connectivity index (χ1) is 9.41. The smallest absolute Gasteiger partial charge is 0.244 e. The Labute approximate surface area is 126 Å². The van der Waals surface area contributed by atoms with E-state index in [-0.39, 0.29) is 11.9 Å². The van der Waals surface area contributed by atoms with Gasteiger partial charge in [-0.1, -0.05) is 0 Å². The van der Waals surface area contributed by atoms with Crippen LogP contribution in [0.25, 0.3) is 0 Å². The lowest BCUT2D eigenvalue weighted by Gasteiger charge is -2.14. The highest BCUT2D eigenvalue weighted by Gasteiger charge is 2.18. The van der Waals surface area contributed by atoms with E-state index in [9.17, 15) is 4.79 Å². The highest BCUT2D eigenvalue weighted by atomic mass is 79.9. The predicted octanol–water partition coefficient (Wildman–Crippen LogP) is 1.87. The summed E-state index contributed by atoms with van der Waals surface area (Å²) in [5.41, 5.74) is 3.01. The van der Waals surface area contributed by atoms with Gasteiger partial charge in [0, 0.05) is 24.8 Å². The second-order valence-electron chi connectivity index (χ2n) is 4.80. The fraction of sp³-hybridized carbons (Fsp3) is 0.462. The molecule has 0 fully saturated rings. The van der Waals surface area contributed by atoms with E-state index in [0.717, 1.165) is 21.4 Å².